The van der Waals surface area contributed by atoms with Gasteiger partial charge in [-0.05, 0) is 23.6 Å². The average Bonchev–Trinajstić information content (AvgIpc) is 2.16. The number of nitrogens with two attached hydrogens (primary N) is 1. The first-order chi connectivity index (χ1) is 5.83. The highest BCUT2D eigenvalue weighted by Gasteiger charge is 2.03. The minimum Gasteiger partial charge on any atom is -0.324 e. The second-order valence-corrected chi connectivity index (χ2v) is 3.14. The van der Waals surface area contributed by atoms with Crippen molar-refractivity contribution < 1.29 is 0 Å². The number of hydrogen-bond donors (Lipinski definition) is 2. The smallest absolute Gasteiger partial charge is 0.0528 e. The molecule has 12 heavy (non-hydrogen) atoms. The predicted octanol–water partition coefficient (Wildman–Crippen LogP) is 2.43. The van der Waals surface area contributed by atoms with E-state index in [1.807, 2.05) is 12.1 Å². The van der Waals surface area contributed by atoms with Crippen LogP contribution in [0.5, 0.6) is 0 Å². The van der Waals surface area contributed by atoms with E-state index < -0.39 is 0 Å². The van der Waals surface area contributed by atoms with E-state index in [9.17, 15) is 0 Å². The largest absolute Gasteiger partial charge is 0.324 e. The minimum atomic E-state index is 0.844. The third-order valence-electron chi connectivity index (χ3n) is 1.94. The predicted molar refractivity (Wildman–Crippen MR) is 56.3 cm³/mol. The fraction of sp³-hybridized carbons (Fsp3) is 0.333. The molecule has 3 heteroatoms. The van der Waals surface area contributed by atoms with Gasteiger partial charge in [-0.25, -0.2) is 0 Å². The summed E-state index contributed by atoms with van der Waals surface area (Å²) in [6.45, 7) is 2.14. The zero-order valence-electron chi connectivity index (χ0n) is 7.10. The van der Waals surface area contributed by atoms with Crippen molar-refractivity contribution in [3.05, 3.63) is 29.3 Å². The molecule has 0 spiro atoms. The first-order valence-electron chi connectivity index (χ1n) is 3.96. The molecule has 66 valence electrons. The highest BCUT2D eigenvalue weighted by atomic mass is 79.9. The number of alkyl halides is 1. The lowest BCUT2D eigenvalue weighted by molar-refractivity contribution is 1.10. The molecular weight excluding hydrogens is 216 g/mol. The Bertz CT molecular complexity index is 238. The van der Waals surface area contributed by atoms with Crippen LogP contribution in [0.3, 0.4) is 0 Å². The van der Waals surface area contributed by atoms with Crippen molar-refractivity contribution >= 4 is 21.6 Å². The number of anilines is 1. The van der Waals surface area contributed by atoms with Crippen molar-refractivity contribution in [1.29, 1.82) is 0 Å². The molecule has 1 aromatic rings. The number of halogens is 1. The molecule has 0 bridgehead atoms. The number of nitrogens with one attached hydrogen (secondary N) is 1. The summed E-state index contributed by atoms with van der Waals surface area (Å²) in [5.41, 5.74) is 6.28. The molecule has 0 saturated heterocycles. The summed E-state index contributed by atoms with van der Waals surface area (Å²) >= 11 is 3.45. The van der Waals surface area contributed by atoms with Crippen molar-refractivity contribution in [2.75, 3.05) is 5.43 Å². The summed E-state index contributed by atoms with van der Waals surface area (Å²) < 4.78 is 0. The van der Waals surface area contributed by atoms with Gasteiger partial charge in [0.2, 0.25) is 0 Å². The lowest BCUT2D eigenvalue weighted by atomic mass is 10.1. The molecule has 0 unspecified atom stereocenters. The van der Waals surface area contributed by atoms with Gasteiger partial charge in [-0.1, -0.05) is 35.0 Å². The number of hydrogen-bond acceptors (Lipinski definition) is 2. The first-order valence-corrected chi connectivity index (χ1v) is 5.09. The third kappa shape index (κ3) is 1.79. The van der Waals surface area contributed by atoms with Crippen LogP contribution in [0.2, 0.25) is 0 Å². The monoisotopic (exact) mass is 228 g/mol. The molecule has 1 aromatic carbocycles. The second-order valence-electron chi connectivity index (χ2n) is 2.57. The summed E-state index contributed by atoms with van der Waals surface area (Å²) in [6.07, 6.45) is 1.04. The molecular formula is C9H13BrN2. The van der Waals surface area contributed by atoms with E-state index in [1.54, 1.807) is 0 Å². The van der Waals surface area contributed by atoms with Gasteiger partial charge in [0.15, 0.2) is 0 Å². The first kappa shape index (κ1) is 9.55. The SMILES string of the molecule is CCc1cccc(NN)c1CBr. The summed E-state index contributed by atoms with van der Waals surface area (Å²) in [6, 6.07) is 6.12. The van der Waals surface area contributed by atoms with Gasteiger partial charge >= 0.3 is 0 Å². The van der Waals surface area contributed by atoms with Gasteiger partial charge in [0, 0.05) is 5.33 Å². The fourth-order valence-electron chi connectivity index (χ4n) is 1.26. The van der Waals surface area contributed by atoms with Gasteiger partial charge in [0.1, 0.15) is 0 Å². The highest BCUT2D eigenvalue weighted by Crippen LogP contribution is 2.22. The molecule has 0 radical (unpaired) electrons. The van der Waals surface area contributed by atoms with Crippen LogP contribution in [0.25, 0.3) is 0 Å². The molecule has 0 aliphatic carbocycles. The zero-order chi connectivity index (χ0) is 8.97. The van der Waals surface area contributed by atoms with E-state index in [4.69, 9.17) is 5.84 Å². The fourth-order valence-corrected chi connectivity index (χ4v) is 1.92. The van der Waals surface area contributed by atoms with E-state index in [1.165, 1.54) is 11.1 Å². The molecule has 1 rings (SSSR count). The van der Waals surface area contributed by atoms with E-state index in [2.05, 4.69) is 34.3 Å². The van der Waals surface area contributed by atoms with Gasteiger partial charge in [0.25, 0.3) is 0 Å². The third-order valence-corrected chi connectivity index (χ3v) is 2.50. The Kier molecular flexibility index (Phi) is 3.56. The van der Waals surface area contributed by atoms with Gasteiger partial charge < -0.3 is 5.43 Å². The highest BCUT2D eigenvalue weighted by molar-refractivity contribution is 9.08. The molecule has 0 aliphatic rings. The molecule has 0 saturated carbocycles. The number of hydrazine groups is 1. The maximum absolute atomic E-state index is 5.38. The van der Waals surface area contributed by atoms with Crippen LogP contribution in [0.1, 0.15) is 18.1 Å². The molecule has 0 heterocycles. The molecule has 0 atom stereocenters. The van der Waals surface area contributed by atoms with Crippen LogP contribution < -0.4 is 11.3 Å². The Morgan fingerprint density at radius 2 is 2.25 bits per heavy atom. The lowest BCUT2D eigenvalue weighted by Gasteiger charge is -2.10. The van der Waals surface area contributed by atoms with Crippen LogP contribution in [-0.4, -0.2) is 0 Å². The molecule has 0 aromatic heterocycles. The number of benzene rings is 1. The van der Waals surface area contributed by atoms with Crippen LogP contribution in [0, 0.1) is 0 Å². The Morgan fingerprint density at radius 3 is 2.75 bits per heavy atom. The normalized spacial score (nSPS) is 9.92. The maximum Gasteiger partial charge on any atom is 0.0528 e. The minimum absolute atomic E-state index is 0.844. The zero-order valence-corrected chi connectivity index (χ0v) is 8.69. The van der Waals surface area contributed by atoms with E-state index >= 15 is 0 Å². The van der Waals surface area contributed by atoms with Crippen LogP contribution in [-0.2, 0) is 11.8 Å². The van der Waals surface area contributed by atoms with Crippen molar-refractivity contribution in [3.63, 3.8) is 0 Å². The number of rotatable bonds is 3. The lowest BCUT2D eigenvalue weighted by Crippen LogP contribution is -2.09. The van der Waals surface area contributed by atoms with Crippen LogP contribution in [0.4, 0.5) is 5.69 Å². The topological polar surface area (TPSA) is 38.0 Å². The molecule has 0 amide bonds. The Morgan fingerprint density at radius 1 is 1.50 bits per heavy atom. The summed E-state index contributed by atoms with van der Waals surface area (Å²) in [7, 11) is 0. The second kappa shape index (κ2) is 4.48. The van der Waals surface area contributed by atoms with Gasteiger partial charge in [-0.15, -0.1) is 0 Å². The van der Waals surface area contributed by atoms with E-state index in [0.717, 1.165) is 17.4 Å². The van der Waals surface area contributed by atoms with Crippen molar-refractivity contribution in [1.82, 2.24) is 0 Å². The van der Waals surface area contributed by atoms with Gasteiger partial charge in [-0.2, -0.15) is 0 Å². The molecule has 3 N–H and O–H groups in total. The Hall–Kier alpha value is -0.540. The van der Waals surface area contributed by atoms with Gasteiger partial charge in [-0.3, -0.25) is 5.84 Å². The standard InChI is InChI=1S/C9H13BrN2/c1-2-7-4-3-5-9(12-11)8(7)6-10/h3-5,12H,2,6,11H2,1H3. The summed E-state index contributed by atoms with van der Waals surface area (Å²) in [4.78, 5) is 0. The van der Waals surface area contributed by atoms with Crippen LogP contribution in [0.15, 0.2) is 18.2 Å². The maximum atomic E-state index is 5.38. The molecule has 0 fully saturated rings. The van der Waals surface area contributed by atoms with E-state index in [-0.39, 0.29) is 0 Å². The molecule has 0 aliphatic heterocycles. The summed E-state index contributed by atoms with van der Waals surface area (Å²) in [5.74, 6) is 5.38. The van der Waals surface area contributed by atoms with Crippen LogP contribution >= 0.6 is 15.9 Å². The van der Waals surface area contributed by atoms with Crippen molar-refractivity contribution in [2.24, 2.45) is 5.84 Å². The Balaban J connectivity index is 3.13. The molecule has 2 nitrogen and oxygen atoms in total. The quantitative estimate of drug-likeness (QED) is 0.474. The van der Waals surface area contributed by atoms with Crippen molar-refractivity contribution in [2.45, 2.75) is 18.7 Å². The summed E-state index contributed by atoms with van der Waals surface area (Å²) in [5, 5.41) is 0.844. The Labute approximate surface area is 81.3 Å². The number of aryl methyl sites for hydroxylation is 1. The van der Waals surface area contributed by atoms with E-state index in [0.29, 0.717) is 0 Å². The number of nitrogen functional groups attached to an aromatic ring is 1. The average molecular weight is 229 g/mol. The van der Waals surface area contributed by atoms with Gasteiger partial charge in [0.05, 0.1) is 5.69 Å². The van der Waals surface area contributed by atoms with Crippen molar-refractivity contribution in [3.8, 4) is 0 Å².